The van der Waals surface area contributed by atoms with Gasteiger partial charge in [0, 0.05) is 0 Å². The average molecular weight is 269 g/mol. The van der Waals surface area contributed by atoms with Crippen molar-refractivity contribution in [3.8, 4) is 0 Å². The van der Waals surface area contributed by atoms with E-state index in [9.17, 15) is 20.2 Å². The Morgan fingerprint density at radius 2 is 1.53 bits per heavy atom. The van der Waals surface area contributed by atoms with Gasteiger partial charge in [-0.3, -0.25) is 20.2 Å². The maximum absolute atomic E-state index is 10.5. The van der Waals surface area contributed by atoms with Gasteiger partial charge in [-0.2, -0.15) is 0 Å². The molecule has 0 saturated carbocycles. The molecule has 1 aromatic rings. The van der Waals surface area contributed by atoms with Crippen molar-refractivity contribution in [1.82, 2.24) is 0 Å². The quantitative estimate of drug-likeness (QED) is 0.507. The SMILES string of the molecule is O=[N+]([O-])c1cc([N+](=O)[O-])c(Cl)c(Cl)c1S. The highest BCUT2D eigenvalue weighted by Crippen LogP contribution is 2.41. The molecule has 0 saturated heterocycles. The molecule has 0 N–H and O–H groups in total. The summed E-state index contributed by atoms with van der Waals surface area (Å²) in [5, 5.41) is 20.3. The number of hydrogen-bond donors (Lipinski definition) is 1. The second kappa shape index (κ2) is 4.21. The predicted molar refractivity (Wildman–Crippen MR) is 57.0 cm³/mol. The Bertz CT molecular complexity index is 427. The first kappa shape index (κ1) is 12.0. The summed E-state index contributed by atoms with van der Waals surface area (Å²) < 4.78 is 0. The highest BCUT2D eigenvalue weighted by atomic mass is 35.5. The fourth-order valence-corrected chi connectivity index (χ4v) is 1.60. The molecule has 0 radical (unpaired) electrons. The first-order valence-electron chi connectivity index (χ1n) is 3.36. The number of benzene rings is 1. The summed E-state index contributed by atoms with van der Waals surface area (Å²) in [7, 11) is 0. The Kier molecular flexibility index (Phi) is 3.38. The summed E-state index contributed by atoms with van der Waals surface area (Å²) in [5.74, 6) is 0. The molecule has 0 unspecified atom stereocenters. The first-order chi connectivity index (χ1) is 6.86. The van der Waals surface area contributed by atoms with Crippen LogP contribution in [0, 0.1) is 20.2 Å². The van der Waals surface area contributed by atoms with Crippen LogP contribution in [0.5, 0.6) is 0 Å². The van der Waals surface area contributed by atoms with Crippen molar-refractivity contribution in [2.45, 2.75) is 4.90 Å². The largest absolute Gasteiger partial charge is 0.296 e. The number of halogens is 2. The monoisotopic (exact) mass is 268 g/mol. The van der Waals surface area contributed by atoms with Crippen molar-refractivity contribution in [2.24, 2.45) is 0 Å². The van der Waals surface area contributed by atoms with Crippen molar-refractivity contribution in [1.29, 1.82) is 0 Å². The molecule has 0 fully saturated rings. The van der Waals surface area contributed by atoms with Gasteiger partial charge in [-0.15, -0.1) is 12.6 Å². The van der Waals surface area contributed by atoms with Gasteiger partial charge in [0.15, 0.2) is 0 Å². The van der Waals surface area contributed by atoms with E-state index in [1.54, 1.807) is 0 Å². The van der Waals surface area contributed by atoms with Crippen LogP contribution < -0.4 is 0 Å². The Balaban J connectivity index is 3.59. The number of thiol groups is 1. The van der Waals surface area contributed by atoms with E-state index in [2.05, 4.69) is 12.6 Å². The third-order valence-electron chi connectivity index (χ3n) is 1.53. The van der Waals surface area contributed by atoms with Gasteiger partial charge in [-0.05, 0) is 0 Å². The molecule has 0 heterocycles. The Morgan fingerprint density at radius 1 is 1.07 bits per heavy atom. The number of hydrogen-bond acceptors (Lipinski definition) is 5. The molecule has 0 aliphatic rings. The van der Waals surface area contributed by atoms with E-state index in [0.717, 1.165) is 6.07 Å². The predicted octanol–water partition coefficient (Wildman–Crippen LogP) is 3.10. The van der Waals surface area contributed by atoms with Crippen LogP contribution in [-0.2, 0) is 0 Å². The number of nitro groups is 2. The fraction of sp³-hybridized carbons (Fsp3) is 0. The molecule has 15 heavy (non-hydrogen) atoms. The Labute approximate surface area is 98.5 Å². The van der Waals surface area contributed by atoms with E-state index in [1.165, 1.54) is 0 Å². The third-order valence-corrected chi connectivity index (χ3v) is 2.98. The van der Waals surface area contributed by atoms with Gasteiger partial charge in [-0.25, -0.2) is 0 Å². The maximum atomic E-state index is 10.5. The van der Waals surface area contributed by atoms with Crippen molar-refractivity contribution in [3.05, 3.63) is 36.3 Å². The highest BCUT2D eigenvalue weighted by Gasteiger charge is 2.26. The van der Waals surface area contributed by atoms with Crippen LogP contribution in [-0.4, -0.2) is 9.85 Å². The van der Waals surface area contributed by atoms with E-state index >= 15 is 0 Å². The van der Waals surface area contributed by atoms with Crippen molar-refractivity contribution < 1.29 is 9.85 Å². The van der Waals surface area contributed by atoms with E-state index < -0.39 is 21.2 Å². The summed E-state index contributed by atoms with van der Waals surface area (Å²) in [4.78, 5) is 19.1. The third kappa shape index (κ3) is 2.14. The summed E-state index contributed by atoms with van der Waals surface area (Å²) in [6, 6.07) is 0.719. The van der Waals surface area contributed by atoms with Gasteiger partial charge in [-0.1, -0.05) is 23.2 Å². The molecule has 0 spiro atoms. The van der Waals surface area contributed by atoms with Crippen LogP contribution in [0.2, 0.25) is 10.0 Å². The van der Waals surface area contributed by atoms with Crippen LogP contribution in [0.1, 0.15) is 0 Å². The second-order valence-electron chi connectivity index (χ2n) is 2.41. The minimum Gasteiger partial charge on any atom is -0.258 e. The molecule has 1 aromatic carbocycles. The second-order valence-corrected chi connectivity index (χ2v) is 3.61. The lowest BCUT2D eigenvalue weighted by Crippen LogP contribution is -1.95. The fourth-order valence-electron chi connectivity index (χ4n) is 0.862. The number of nitrogens with zero attached hydrogens (tertiary/aromatic N) is 2. The standard InChI is InChI=1S/C6H2Cl2N2O4S/c7-4-2(9(11)12)1-3(10(13)14)6(15)5(4)8/h1,15H. The normalized spacial score (nSPS) is 10.1. The van der Waals surface area contributed by atoms with Crippen LogP contribution >= 0.6 is 35.8 Å². The zero-order chi connectivity index (χ0) is 11.7. The smallest absolute Gasteiger partial charge is 0.258 e. The van der Waals surface area contributed by atoms with E-state index in [4.69, 9.17) is 23.2 Å². The van der Waals surface area contributed by atoms with E-state index in [1.807, 2.05) is 0 Å². The van der Waals surface area contributed by atoms with E-state index in [-0.39, 0.29) is 14.9 Å². The van der Waals surface area contributed by atoms with Crippen LogP contribution in [0.25, 0.3) is 0 Å². The molecule has 1 rings (SSSR count). The van der Waals surface area contributed by atoms with Crippen LogP contribution in [0.4, 0.5) is 11.4 Å². The highest BCUT2D eigenvalue weighted by molar-refractivity contribution is 7.80. The first-order valence-corrected chi connectivity index (χ1v) is 4.56. The van der Waals surface area contributed by atoms with Crippen LogP contribution in [0.15, 0.2) is 11.0 Å². The van der Waals surface area contributed by atoms with Gasteiger partial charge in [0.2, 0.25) is 0 Å². The summed E-state index contributed by atoms with van der Waals surface area (Å²) in [6.45, 7) is 0. The van der Waals surface area contributed by atoms with Gasteiger partial charge in [0.05, 0.1) is 20.9 Å². The molecule has 0 bridgehead atoms. The molecule has 0 atom stereocenters. The minimum absolute atomic E-state index is 0.197. The number of rotatable bonds is 2. The van der Waals surface area contributed by atoms with Crippen LogP contribution in [0.3, 0.4) is 0 Å². The Hall–Kier alpha value is -1.05. The maximum Gasteiger partial charge on any atom is 0.296 e. The molecule has 9 heteroatoms. The lowest BCUT2D eigenvalue weighted by Gasteiger charge is -2.01. The van der Waals surface area contributed by atoms with Gasteiger partial charge in [0.25, 0.3) is 11.4 Å². The molecule has 6 nitrogen and oxygen atoms in total. The zero-order valence-electron chi connectivity index (χ0n) is 6.81. The lowest BCUT2D eigenvalue weighted by molar-refractivity contribution is -0.395. The Morgan fingerprint density at radius 3 is 1.93 bits per heavy atom. The zero-order valence-corrected chi connectivity index (χ0v) is 9.21. The molecule has 80 valence electrons. The molecule has 0 amide bonds. The summed E-state index contributed by atoms with van der Waals surface area (Å²) in [6.07, 6.45) is 0. The van der Waals surface area contributed by atoms with Gasteiger partial charge >= 0.3 is 0 Å². The lowest BCUT2D eigenvalue weighted by atomic mass is 10.3. The topological polar surface area (TPSA) is 86.3 Å². The molecular weight excluding hydrogens is 267 g/mol. The number of nitro benzene ring substituents is 2. The van der Waals surface area contributed by atoms with Gasteiger partial charge < -0.3 is 0 Å². The molecule has 0 aliphatic heterocycles. The molecular formula is C6H2Cl2N2O4S. The molecule has 0 aromatic heterocycles. The summed E-state index contributed by atoms with van der Waals surface area (Å²) in [5.41, 5.74) is -1.18. The minimum atomic E-state index is -0.853. The average Bonchev–Trinajstić information content (AvgIpc) is 2.13. The summed E-state index contributed by atoms with van der Waals surface area (Å²) >= 11 is 14.8. The van der Waals surface area contributed by atoms with E-state index in [0.29, 0.717) is 0 Å². The molecule has 0 aliphatic carbocycles. The van der Waals surface area contributed by atoms with Crippen molar-refractivity contribution in [2.75, 3.05) is 0 Å². The van der Waals surface area contributed by atoms with Crippen molar-refractivity contribution in [3.63, 3.8) is 0 Å². The van der Waals surface area contributed by atoms with Gasteiger partial charge in [0.1, 0.15) is 9.92 Å². The van der Waals surface area contributed by atoms with Crippen molar-refractivity contribution >= 4 is 47.2 Å².